The Balaban J connectivity index is 1.47. The largest absolute Gasteiger partial charge is 0.378 e. The van der Waals surface area contributed by atoms with E-state index in [0.717, 1.165) is 24.0 Å². The van der Waals surface area contributed by atoms with Crippen LogP contribution in [-0.4, -0.2) is 47.1 Å². The molecular weight excluding hydrogens is 358 g/mol. The van der Waals surface area contributed by atoms with Gasteiger partial charge in [-0.15, -0.1) is 0 Å². The molecule has 1 aliphatic rings. The van der Waals surface area contributed by atoms with Gasteiger partial charge < -0.3 is 19.5 Å². The number of hydrogen-bond acceptors (Lipinski definition) is 6. The lowest BCUT2D eigenvalue weighted by atomic mass is 10.2. The van der Waals surface area contributed by atoms with Crippen molar-refractivity contribution in [2.75, 3.05) is 31.2 Å². The molecule has 3 heterocycles. The van der Waals surface area contributed by atoms with Crippen LogP contribution in [-0.2, 0) is 18.3 Å². The van der Waals surface area contributed by atoms with Gasteiger partial charge in [-0.25, -0.2) is 0 Å². The molecule has 9 heteroatoms. The molecule has 1 aromatic carbocycles. The zero-order valence-electron chi connectivity index (χ0n) is 14.2. The predicted octanol–water partition coefficient (Wildman–Crippen LogP) is 1.98. The maximum Gasteiger partial charge on any atom is 0.290 e. The van der Waals surface area contributed by atoms with Crippen molar-refractivity contribution in [1.82, 2.24) is 20.3 Å². The number of carbonyl (C=O) groups is 1. The number of aromatic nitrogens is 3. The standard InChI is InChI=1S/C17H18ClN5O3/c1-22-13-4-2-3-11(18)16(13)12(20-22)10-19-17(24)14-9-15(21-26-14)23-5-7-25-8-6-23/h2-4,9H,5-8,10H2,1H3,(H,19,24). The summed E-state index contributed by atoms with van der Waals surface area (Å²) in [4.78, 5) is 14.4. The third-order valence-electron chi connectivity index (χ3n) is 4.37. The van der Waals surface area contributed by atoms with E-state index in [1.54, 1.807) is 10.7 Å². The topological polar surface area (TPSA) is 85.4 Å². The SMILES string of the molecule is Cn1nc(CNC(=O)c2cc(N3CCOCC3)no2)c2c(Cl)cccc21. The first-order chi connectivity index (χ1) is 12.6. The van der Waals surface area contributed by atoms with Gasteiger partial charge in [-0.2, -0.15) is 5.10 Å². The number of morpholine rings is 1. The molecule has 26 heavy (non-hydrogen) atoms. The van der Waals surface area contributed by atoms with Crippen molar-refractivity contribution in [3.05, 3.63) is 40.7 Å². The molecule has 2 aromatic heterocycles. The summed E-state index contributed by atoms with van der Waals surface area (Å²) in [6.07, 6.45) is 0. The van der Waals surface area contributed by atoms with Gasteiger partial charge in [-0.1, -0.05) is 22.8 Å². The quantitative estimate of drug-likeness (QED) is 0.750. The van der Waals surface area contributed by atoms with E-state index in [-0.39, 0.29) is 18.2 Å². The molecule has 0 saturated carbocycles. The molecule has 8 nitrogen and oxygen atoms in total. The Morgan fingerprint density at radius 1 is 1.35 bits per heavy atom. The van der Waals surface area contributed by atoms with Gasteiger partial charge in [0.25, 0.3) is 5.91 Å². The van der Waals surface area contributed by atoms with Crippen molar-refractivity contribution < 1.29 is 14.1 Å². The van der Waals surface area contributed by atoms with Crippen LogP contribution in [0.2, 0.25) is 5.02 Å². The van der Waals surface area contributed by atoms with Crippen molar-refractivity contribution in [3.8, 4) is 0 Å². The third-order valence-corrected chi connectivity index (χ3v) is 4.69. The van der Waals surface area contributed by atoms with E-state index in [1.165, 1.54) is 0 Å². The Labute approximate surface area is 154 Å². The molecule has 0 aliphatic carbocycles. The fourth-order valence-corrected chi connectivity index (χ4v) is 3.32. The number of anilines is 1. The maximum atomic E-state index is 12.4. The number of nitrogens with one attached hydrogen (secondary N) is 1. The van der Waals surface area contributed by atoms with Crippen LogP contribution in [0.4, 0.5) is 5.82 Å². The normalized spacial score (nSPS) is 14.8. The number of carbonyl (C=O) groups excluding carboxylic acids is 1. The highest BCUT2D eigenvalue weighted by Gasteiger charge is 2.19. The van der Waals surface area contributed by atoms with Crippen molar-refractivity contribution in [1.29, 1.82) is 0 Å². The second-order valence-corrected chi connectivity index (χ2v) is 6.44. The highest BCUT2D eigenvalue weighted by Crippen LogP contribution is 2.26. The summed E-state index contributed by atoms with van der Waals surface area (Å²) >= 11 is 6.29. The smallest absolute Gasteiger partial charge is 0.290 e. The van der Waals surface area contributed by atoms with Crippen LogP contribution in [0.25, 0.3) is 10.9 Å². The van der Waals surface area contributed by atoms with E-state index in [1.807, 2.05) is 30.1 Å². The molecule has 4 rings (SSSR count). The third kappa shape index (κ3) is 3.13. The van der Waals surface area contributed by atoms with Gasteiger partial charge in [0.05, 0.1) is 36.0 Å². The van der Waals surface area contributed by atoms with Crippen LogP contribution < -0.4 is 10.2 Å². The molecule has 1 fully saturated rings. The van der Waals surface area contributed by atoms with E-state index in [4.69, 9.17) is 20.9 Å². The molecule has 0 unspecified atom stereocenters. The number of nitrogens with zero attached hydrogens (tertiary/aromatic N) is 4. The van der Waals surface area contributed by atoms with Crippen molar-refractivity contribution in [2.24, 2.45) is 7.05 Å². The van der Waals surface area contributed by atoms with Gasteiger partial charge in [-0.05, 0) is 12.1 Å². The highest BCUT2D eigenvalue weighted by molar-refractivity contribution is 6.35. The minimum atomic E-state index is -0.345. The number of hydrogen-bond donors (Lipinski definition) is 1. The molecule has 3 aromatic rings. The lowest BCUT2D eigenvalue weighted by molar-refractivity contribution is 0.0913. The van der Waals surface area contributed by atoms with Crippen molar-refractivity contribution in [3.63, 3.8) is 0 Å². The molecule has 0 radical (unpaired) electrons. The number of aryl methyl sites for hydroxylation is 1. The minimum Gasteiger partial charge on any atom is -0.378 e. The van der Waals surface area contributed by atoms with Gasteiger partial charge in [-0.3, -0.25) is 9.48 Å². The average molecular weight is 376 g/mol. The van der Waals surface area contributed by atoms with Crippen LogP contribution in [0.5, 0.6) is 0 Å². The first-order valence-corrected chi connectivity index (χ1v) is 8.69. The Bertz CT molecular complexity index is 945. The van der Waals surface area contributed by atoms with Crippen LogP contribution in [0.1, 0.15) is 16.2 Å². The Hall–Kier alpha value is -2.58. The Kier molecular flexibility index (Phi) is 4.52. The number of halogens is 1. The fraction of sp³-hybridized carbons (Fsp3) is 0.353. The molecule has 1 amide bonds. The molecule has 136 valence electrons. The lowest BCUT2D eigenvalue weighted by Crippen LogP contribution is -2.36. The second kappa shape index (κ2) is 6.97. The van der Waals surface area contributed by atoms with Gasteiger partial charge in [0, 0.05) is 31.6 Å². The zero-order chi connectivity index (χ0) is 18.1. The van der Waals surface area contributed by atoms with Gasteiger partial charge in [0.2, 0.25) is 5.76 Å². The minimum absolute atomic E-state index is 0.165. The van der Waals surface area contributed by atoms with E-state index in [2.05, 4.69) is 15.6 Å². The molecule has 1 aliphatic heterocycles. The first kappa shape index (κ1) is 16.9. The molecule has 1 saturated heterocycles. The summed E-state index contributed by atoms with van der Waals surface area (Å²) in [6.45, 7) is 2.98. The highest BCUT2D eigenvalue weighted by atomic mass is 35.5. The summed E-state index contributed by atoms with van der Waals surface area (Å²) < 4.78 is 12.2. The van der Waals surface area contributed by atoms with Gasteiger partial charge >= 0.3 is 0 Å². The number of amides is 1. The number of fused-ring (bicyclic) bond motifs is 1. The predicted molar refractivity (Wildman–Crippen MR) is 96.4 cm³/mol. The molecule has 0 spiro atoms. The van der Waals surface area contributed by atoms with E-state index >= 15 is 0 Å². The van der Waals surface area contributed by atoms with E-state index in [0.29, 0.717) is 29.7 Å². The monoisotopic (exact) mass is 375 g/mol. The average Bonchev–Trinajstić information content (AvgIpc) is 3.27. The molecule has 1 N–H and O–H groups in total. The van der Waals surface area contributed by atoms with Crippen LogP contribution in [0.3, 0.4) is 0 Å². The summed E-state index contributed by atoms with van der Waals surface area (Å²) in [5, 5.41) is 12.7. The summed E-state index contributed by atoms with van der Waals surface area (Å²) in [7, 11) is 1.84. The first-order valence-electron chi connectivity index (χ1n) is 8.31. The summed E-state index contributed by atoms with van der Waals surface area (Å²) in [6, 6.07) is 7.26. The number of ether oxygens (including phenoxy) is 1. The van der Waals surface area contributed by atoms with Crippen LogP contribution in [0.15, 0.2) is 28.8 Å². The van der Waals surface area contributed by atoms with Crippen molar-refractivity contribution in [2.45, 2.75) is 6.54 Å². The molecular formula is C17H18ClN5O3. The Morgan fingerprint density at radius 2 is 2.15 bits per heavy atom. The van der Waals surface area contributed by atoms with Crippen molar-refractivity contribution >= 4 is 34.2 Å². The van der Waals surface area contributed by atoms with Crippen LogP contribution in [0, 0.1) is 0 Å². The van der Waals surface area contributed by atoms with Crippen LogP contribution >= 0.6 is 11.6 Å². The number of rotatable bonds is 4. The van der Waals surface area contributed by atoms with E-state index in [9.17, 15) is 4.79 Å². The lowest BCUT2D eigenvalue weighted by Gasteiger charge is -2.25. The second-order valence-electron chi connectivity index (χ2n) is 6.04. The zero-order valence-corrected chi connectivity index (χ0v) is 15.0. The number of benzene rings is 1. The molecule has 0 bridgehead atoms. The van der Waals surface area contributed by atoms with Gasteiger partial charge in [0.1, 0.15) is 0 Å². The summed E-state index contributed by atoms with van der Waals surface area (Å²) in [5.41, 5.74) is 1.62. The van der Waals surface area contributed by atoms with E-state index < -0.39 is 0 Å². The molecule has 0 atom stereocenters. The van der Waals surface area contributed by atoms with Gasteiger partial charge in [0.15, 0.2) is 5.82 Å². The maximum absolute atomic E-state index is 12.4. The summed E-state index contributed by atoms with van der Waals surface area (Å²) in [5.74, 6) is 0.463. The fourth-order valence-electron chi connectivity index (χ4n) is 3.04. The Morgan fingerprint density at radius 3 is 2.96 bits per heavy atom.